The summed E-state index contributed by atoms with van der Waals surface area (Å²) < 4.78 is 31.1. The maximum atomic E-state index is 12.0. The lowest BCUT2D eigenvalue weighted by Gasteiger charge is -2.06. The van der Waals surface area contributed by atoms with Gasteiger partial charge in [0.15, 0.2) is 0 Å². The molecule has 0 spiro atoms. The van der Waals surface area contributed by atoms with Gasteiger partial charge in [0.1, 0.15) is 0 Å². The first-order valence-corrected chi connectivity index (χ1v) is 7.46. The minimum Gasteiger partial charge on any atom is -0.475 e. The van der Waals surface area contributed by atoms with Crippen molar-refractivity contribution in [2.24, 2.45) is 0 Å². The van der Waals surface area contributed by atoms with Crippen molar-refractivity contribution >= 4 is 21.7 Å². The highest BCUT2D eigenvalue weighted by molar-refractivity contribution is 7.92. The Morgan fingerprint density at radius 1 is 1.14 bits per heavy atom. The molecule has 7 nitrogen and oxygen atoms in total. The van der Waals surface area contributed by atoms with E-state index < -0.39 is 26.8 Å². The molecule has 0 bridgehead atoms. The lowest BCUT2D eigenvalue weighted by atomic mass is 10.1. The lowest BCUT2D eigenvalue weighted by Crippen LogP contribution is -2.12. The van der Waals surface area contributed by atoms with Gasteiger partial charge in [0.05, 0.1) is 0 Å². The van der Waals surface area contributed by atoms with E-state index in [0.29, 0.717) is 12.1 Å². The van der Waals surface area contributed by atoms with Crippen LogP contribution in [0, 0.1) is 0 Å². The second kappa shape index (κ2) is 5.98. The van der Waals surface area contributed by atoms with Crippen LogP contribution in [0.5, 0.6) is 0 Å². The summed E-state index contributed by atoms with van der Waals surface area (Å²) in [5.41, 5.74) is 1.18. The summed E-state index contributed by atoms with van der Waals surface area (Å²) in [6, 6.07) is 8.60. The molecular weight excluding hydrogens is 298 g/mol. The number of nitrogens with one attached hydrogen (secondary N) is 1. The molecule has 1 aromatic heterocycles. The molecule has 0 atom stereocenters. The fourth-order valence-electron chi connectivity index (χ4n) is 1.65. The molecule has 1 heterocycles. The third-order valence-corrected chi connectivity index (χ3v) is 3.92. The van der Waals surface area contributed by atoms with E-state index in [0.717, 1.165) is 17.7 Å². The molecule has 2 aromatic rings. The van der Waals surface area contributed by atoms with Gasteiger partial charge < -0.3 is 14.6 Å². The highest BCUT2D eigenvalue weighted by Gasteiger charge is 2.21. The monoisotopic (exact) mass is 311 g/mol. The topological polar surface area (TPSA) is 117 Å². The second-order valence-corrected chi connectivity index (χ2v) is 5.81. The van der Waals surface area contributed by atoms with E-state index in [9.17, 15) is 13.2 Å². The van der Waals surface area contributed by atoms with Crippen molar-refractivity contribution < 1.29 is 27.8 Å². The van der Waals surface area contributed by atoms with Crippen molar-refractivity contribution in [2.45, 2.75) is 11.5 Å². The molecule has 0 aliphatic rings. The Morgan fingerprint density at radius 3 is 2.33 bits per heavy atom. The number of aromatic carboxylic acids is 1. The summed E-state index contributed by atoms with van der Waals surface area (Å²) in [6.45, 7) is 0.00936. The first-order chi connectivity index (χ1) is 9.92. The zero-order chi connectivity index (χ0) is 15.5. The van der Waals surface area contributed by atoms with Crippen molar-refractivity contribution in [3.8, 4) is 0 Å². The second-order valence-electron chi connectivity index (χ2n) is 4.20. The van der Waals surface area contributed by atoms with Crippen LogP contribution in [0.25, 0.3) is 0 Å². The number of rotatable bonds is 6. The number of benzene rings is 1. The van der Waals surface area contributed by atoms with Gasteiger partial charge in [-0.2, -0.15) is 8.42 Å². The molecule has 0 fully saturated rings. The summed E-state index contributed by atoms with van der Waals surface area (Å²) in [4.78, 5) is 10.7. The van der Waals surface area contributed by atoms with Crippen LogP contribution in [0.4, 0.5) is 5.69 Å². The van der Waals surface area contributed by atoms with Gasteiger partial charge in [0.2, 0.25) is 10.9 Å². The largest absolute Gasteiger partial charge is 0.475 e. The molecule has 3 N–H and O–H groups in total. The number of hydrogen-bond donors (Lipinski definition) is 3. The molecule has 0 aliphatic heterocycles. The Morgan fingerprint density at radius 2 is 1.81 bits per heavy atom. The van der Waals surface area contributed by atoms with Crippen molar-refractivity contribution in [1.29, 1.82) is 0 Å². The summed E-state index contributed by atoms with van der Waals surface area (Å²) in [5, 5.41) is 17.0. The zero-order valence-electron chi connectivity index (χ0n) is 10.8. The summed E-state index contributed by atoms with van der Waals surface area (Å²) in [5.74, 6) is -1.79. The number of carboxylic acids is 1. The maximum absolute atomic E-state index is 12.0. The van der Waals surface area contributed by atoms with Crippen molar-refractivity contribution in [3.63, 3.8) is 0 Å². The number of furan rings is 1. The molecule has 0 saturated heterocycles. The normalized spacial score (nSPS) is 11.3. The van der Waals surface area contributed by atoms with Gasteiger partial charge in [-0.1, -0.05) is 12.1 Å². The molecule has 8 heteroatoms. The highest BCUT2D eigenvalue weighted by atomic mass is 32.2. The first kappa shape index (κ1) is 15.1. The van der Waals surface area contributed by atoms with Crippen molar-refractivity contribution in [3.05, 3.63) is 47.7 Å². The molecule has 0 aliphatic carbocycles. The Bertz CT molecular complexity index is 732. The predicted octanol–water partition coefficient (Wildman–Crippen LogP) is 1.31. The number of carbonyl (C=O) groups is 1. The van der Waals surface area contributed by atoms with Gasteiger partial charge in [-0.25, -0.2) is 4.79 Å². The van der Waals surface area contributed by atoms with Crippen LogP contribution < -0.4 is 4.72 Å². The number of carboxylic acid groups (broad SMARTS) is 1. The van der Waals surface area contributed by atoms with E-state index >= 15 is 0 Å². The van der Waals surface area contributed by atoms with E-state index in [1.807, 2.05) is 0 Å². The molecular formula is C13H13NO6S. The number of hydrogen-bond acceptors (Lipinski definition) is 5. The average molecular weight is 311 g/mol. The van der Waals surface area contributed by atoms with E-state index in [1.54, 1.807) is 24.3 Å². The zero-order valence-corrected chi connectivity index (χ0v) is 11.6. The van der Waals surface area contributed by atoms with Crippen LogP contribution in [0.3, 0.4) is 0 Å². The SMILES string of the molecule is O=C(O)c1ccc(S(=O)(=O)Nc2ccc(CCO)cc2)o1. The van der Waals surface area contributed by atoms with Crippen LogP contribution in [-0.2, 0) is 16.4 Å². The van der Waals surface area contributed by atoms with Crippen LogP contribution in [0.2, 0.25) is 0 Å². The Balaban J connectivity index is 2.18. The summed E-state index contributed by atoms with van der Waals surface area (Å²) >= 11 is 0. The minimum absolute atomic E-state index is 0.00936. The van der Waals surface area contributed by atoms with Crippen LogP contribution >= 0.6 is 0 Å². The minimum atomic E-state index is -3.98. The van der Waals surface area contributed by atoms with Gasteiger partial charge >= 0.3 is 5.97 Å². The highest BCUT2D eigenvalue weighted by Crippen LogP contribution is 2.19. The fraction of sp³-hybridized carbons (Fsp3) is 0.154. The van der Waals surface area contributed by atoms with Crippen molar-refractivity contribution in [1.82, 2.24) is 0 Å². The molecule has 0 amide bonds. The average Bonchev–Trinajstić information content (AvgIpc) is 2.92. The Labute approximate surface area is 120 Å². The van der Waals surface area contributed by atoms with E-state index in [-0.39, 0.29) is 6.61 Å². The Kier molecular flexibility index (Phi) is 4.29. The lowest BCUT2D eigenvalue weighted by molar-refractivity contribution is 0.0656. The number of aliphatic hydroxyl groups is 1. The van der Waals surface area contributed by atoms with Crippen LogP contribution in [0.1, 0.15) is 16.1 Å². The number of sulfonamides is 1. The Hall–Kier alpha value is -2.32. The number of aliphatic hydroxyl groups excluding tert-OH is 1. The van der Waals surface area contributed by atoms with Gasteiger partial charge in [-0.15, -0.1) is 0 Å². The van der Waals surface area contributed by atoms with E-state index in [1.165, 1.54) is 0 Å². The third-order valence-electron chi connectivity index (χ3n) is 2.66. The van der Waals surface area contributed by atoms with E-state index in [4.69, 9.17) is 14.6 Å². The molecule has 0 saturated carbocycles. The van der Waals surface area contributed by atoms with Gasteiger partial charge in [0.25, 0.3) is 10.0 Å². The molecule has 21 heavy (non-hydrogen) atoms. The van der Waals surface area contributed by atoms with Gasteiger partial charge in [0, 0.05) is 12.3 Å². The van der Waals surface area contributed by atoms with Crippen LogP contribution in [-0.4, -0.2) is 31.2 Å². The van der Waals surface area contributed by atoms with Crippen molar-refractivity contribution in [2.75, 3.05) is 11.3 Å². The third kappa shape index (κ3) is 3.61. The standard InChI is InChI=1S/C13H13NO6S/c15-8-7-9-1-3-10(4-2-9)14-21(18,19)12-6-5-11(20-12)13(16)17/h1-6,14-15H,7-8H2,(H,16,17). The van der Waals surface area contributed by atoms with Crippen LogP contribution in [0.15, 0.2) is 45.9 Å². The number of anilines is 1. The smallest absolute Gasteiger partial charge is 0.371 e. The molecule has 112 valence electrons. The van der Waals surface area contributed by atoms with Gasteiger partial charge in [-0.05, 0) is 36.2 Å². The maximum Gasteiger partial charge on any atom is 0.371 e. The molecule has 1 aromatic carbocycles. The van der Waals surface area contributed by atoms with E-state index in [2.05, 4.69) is 4.72 Å². The van der Waals surface area contributed by atoms with Gasteiger partial charge in [-0.3, -0.25) is 4.72 Å². The quantitative estimate of drug-likeness (QED) is 0.740. The summed E-state index contributed by atoms with van der Waals surface area (Å²) in [6.07, 6.45) is 0.479. The first-order valence-electron chi connectivity index (χ1n) is 5.98. The fourth-order valence-corrected chi connectivity index (χ4v) is 2.65. The molecule has 2 rings (SSSR count). The molecule has 0 radical (unpaired) electrons. The predicted molar refractivity (Wildman–Crippen MR) is 73.7 cm³/mol. The summed E-state index contributed by atoms with van der Waals surface area (Å²) in [7, 11) is -3.98. The molecule has 0 unspecified atom stereocenters.